The number of benzene rings is 2. The van der Waals surface area contributed by atoms with Crippen LogP contribution in [0.2, 0.25) is 0 Å². The molecule has 134 valence electrons. The molecule has 7 heteroatoms. The highest BCUT2D eigenvalue weighted by atomic mass is 16.6. The molecule has 0 unspecified atom stereocenters. The summed E-state index contributed by atoms with van der Waals surface area (Å²) in [6.07, 6.45) is 0. The van der Waals surface area contributed by atoms with Gasteiger partial charge in [-0.05, 0) is 72.7 Å². The van der Waals surface area contributed by atoms with Gasteiger partial charge >= 0.3 is 0 Å². The number of carbonyl (C=O) groups is 1. The minimum absolute atomic E-state index is 0.257. The van der Waals surface area contributed by atoms with Crippen LogP contribution in [0.25, 0.3) is 11.3 Å². The predicted molar refractivity (Wildman–Crippen MR) is 96.5 cm³/mol. The zero-order valence-electron chi connectivity index (χ0n) is 14.6. The fourth-order valence-corrected chi connectivity index (χ4v) is 2.38. The summed E-state index contributed by atoms with van der Waals surface area (Å²) in [5.74, 6) is 1.42. The molecular weight excluding hydrogens is 334 g/mol. The topological polar surface area (TPSA) is 86.5 Å². The van der Waals surface area contributed by atoms with Crippen LogP contribution in [0.1, 0.15) is 24.2 Å². The average molecular weight is 353 g/mol. The smallest absolute Gasteiger partial charge is 0.256 e. The second-order valence-corrected chi connectivity index (χ2v) is 5.33. The number of anilines is 1. The van der Waals surface area contributed by atoms with E-state index < -0.39 is 0 Å². The first-order chi connectivity index (χ1) is 12.7. The van der Waals surface area contributed by atoms with E-state index in [1.807, 2.05) is 38.1 Å². The molecule has 0 aliphatic carbocycles. The van der Waals surface area contributed by atoms with Crippen molar-refractivity contribution in [2.75, 3.05) is 18.5 Å². The number of aromatic nitrogens is 2. The van der Waals surface area contributed by atoms with Gasteiger partial charge in [0.05, 0.1) is 13.2 Å². The molecule has 0 aliphatic heterocycles. The van der Waals surface area contributed by atoms with Gasteiger partial charge < -0.3 is 14.8 Å². The fourth-order valence-electron chi connectivity index (χ4n) is 2.38. The molecule has 3 aromatic rings. The Hall–Kier alpha value is -3.35. The first kappa shape index (κ1) is 17.5. The van der Waals surface area contributed by atoms with Gasteiger partial charge in [-0.3, -0.25) is 4.79 Å². The Morgan fingerprint density at radius 3 is 2.08 bits per heavy atom. The normalized spacial score (nSPS) is 10.4. The zero-order valence-corrected chi connectivity index (χ0v) is 14.6. The van der Waals surface area contributed by atoms with Gasteiger partial charge in [0, 0.05) is 11.1 Å². The molecule has 0 saturated heterocycles. The molecule has 0 atom stereocenters. The lowest BCUT2D eigenvalue weighted by molar-refractivity contribution is 0.102. The van der Waals surface area contributed by atoms with Gasteiger partial charge in [-0.1, -0.05) is 0 Å². The van der Waals surface area contributed by atoms with Gasteiger partial charge in [0.1, 0.15) is 11.5 Å². The maximum absolute atomic E-state index is 12.4. The van der Waals surface area contributed by atoms with Crippen LogP contribution in [-0.2, 0) is 0 Å². The first-order valence-electron chi connectivity index (χ1n) is 8.31. The number of hydrogen-bond acceptors (Lipinski definition) is 6. The molecule has 0 radical (unpaired) electrons. The van der Waals surface area contributed by atoms with Gasteiger partial charge in [-0.2, -0.15) is 0 Å². The Morgan fingerprint density at radius 1 is 0.923 bits per heavy atom. The van der Waals surface area contributed by atoms with Crippen molar-refractivity contribution in [3.05, 3.63) is 54.1 Å². The molecule has 1 N–H and O–H groups in total. The van der Waals surface area contributed by atoms with Crippen LogP contribution < -0.4 is 14.8 Å². The second-order valence-electron chi connectivity index (χ2n) is 5.33. The summed E-state index contributed by atoms with van der Waals surface area (Å²) in [7, 11) is 0. The molecule has 1 heterocycles. The number of nitrogens with one attached hydrogen (secondary N) is 1. The van der Waals surface area contributed by atoms with E-state index in [1.165, 1.54) is 0 Å². The van der Waals surface area contributed by atoms with E-state index in [0.717, 1.165) is 11.3 Å². The third-order valence-electron chi connectivity index (χ3n) is 3.59. The van der Waals surface area contributed by atoms with Crippen LogP contribution in [0.5, 0.6) is 11.5 Å². The van der Waals surface area contributed by atoms with Crippen LogP contribution in [0, 0.1) is 0 Å². The van der Waals surface area contributed by atoms with Crippen LogP contribution in [0.4, 0.5) is 5.82 Å². The standard InChI is InChI=1S/C19H19N3O4/c1-3-24-15-9-5-13(6-10-15)17-18(22-26-21-17)20-19(23)14-7-11-16(12-8-14)25-4-2/h5-12H,3-4H2,1-2H3,(H,20,22,23). The lowest BCUT2D eigenvalue weighted by atomic mass is 10.1. The van der Waals surface area contributed by atoms with E-state index in [-0.39, 0.29) is 11.7 Å². The van der Waals surface area contributed by atoms with Crippen LogP contribution in [0.15, 0.2) is 53.2 Å². The third kappa shape index (κ3) is 4.00. The highest BCUT2D eigenvalue weighted by molar-refractivity contribution is 6.05. The molecule has 0 spiro atoms. The van der Waals surface area contributed by atoms with E-state index in [4.69, 9.17) is 14.1 Å². The quantitative estimate of drug-likeness (QED) is 0.695. The zero-order chi connectivity index (χ0) is 18.4. The maximum Gasteiger partial charge on any atom is 0.256 e. The average Bonchev–Trinajstić information content (AvgIpc) is 3.11. The summed E-state index contributed by atoms with van der Waals surface area (Å²) in [6.45, 7) is 4.99. The molecule has 0 aliphatic rings. The van der Waals surface area contributed by atoms with Crippen molar-refractivity contribution in [1.29, 1.82) is 0 Å². The minimum Gasteiger partial charge on any atom is -0.494 e. The van der Waals surface area contributed by atoms with Gasteiger partial charge in [0.25, 0.3) is 5.91 Å². The first-order valence-corrected chi connectivity index (χ1v) is 8.31. The van der Waals surface area contributed by atoms with Crippen molar-refractivity contribution >= 4 is 11.7 Å². The summed E-state index contributed by atoms with van der Waals surface area (Å²) in [4.78, 5) is 12.4. The summed E-state index contributed by atoms with van der Waals surface area (Å²) < 4.78 is 15.6. The van der Waals surface area contributed by atoms with E-state index in [0.29, 0.717) is 30.2 Å². The SMILES string of the molecule is CCOc1ccc(C(=O)Nc2nonc2-c2ccc(OCC)cc2)cc1. The van der Waals surface area contributed by atoms with Crippen LogP contribution in [0.3, 0.4) is 0 Å². The highest BCUT2D eigenvalue weighted by Crippen LogP contribution is 2.26. The summed E-state index contributed by atoms with van der Waals surface area (Å²) in [5.41, 5.74) is 1.69. The third-order valence-corrected chi connectivity index (χ3v) is 3.59. The van der Waals surface area contributed by atoms with Crippen LogP contribution >= 0.6 is 0 Å². The van der Waals surface area contributed by atoms with Gasteiger partial charge in [-0.15, -0.1) is 0 Å². The number of ether oxygens (including phenoxy) is 2. The molecule has 1 aromatic heterocycles. The van der Waals surface area contributed by atoms with Crippen molar-refractivity contribution in [1.82, 2.24) is 10.3 Å². The van der Waals surface area contributed by atoms with Gasteiger partial charge in [-0.25, -0.2) is 4.63 Å². The number of rotatable bonds is 7. The highest BCUT2D eigenvalue weighted by Gasteiger charge is 2.16. The largest absolute Gasteiger partial charge is 0.494 e. The summed E-state index contributed by atoms with van der Waals surface area (Å²) >= 11 is 0. The number of carbonyl (C=O) groups excluding carboxylic acids is 1. The van der Waals surface area contributed by atoms with Crippen molar-refractivity contribution in [2.24, 2.45) is 0 Å². The molecule has 0 saturated carbocycles. The Labute approximate surface area is 150 Å². The van der Waals surface area contributed by atoms with Crippen LogP contribution in [-0.4, -0.2) is 29.4 Å². The molecule has 2 aromatic carbocycles. The van der Waals surface area contributed by atoms with Gasteiger partial charge in [0.15, 0.2) is 5.69 Å². The molecule has 0 bridgehead atoms. The van der Waals surface area contributed by atoms with Crippen molar-refractivity contribution < 1.29 is 18.9 Å². The maximum atomic E-state index is 12.4. The Bertz CT molecular complexity index is 857. The number of hydrogen-bond donors (Lipinski definition) is 1. The molecule has 3 rings (SSSR count). The predicted octanol–water partition coefficient (Wildman–Crippen LogP) is 3.79. The number of amides is 1. The lowest BCUT2D eigenvalue weighted by Crippen LogP contribution is -2.12. The molecule has 7 nitrogen and oxygen atoms in total. The van der Waals surface area contributed by atoms with Crippen molar-refractivity contribution in [2.45, 2.75) is 13.8 Å². The van der Waals surface area contributed by atoms with Gasteiger partial charge in [0.2, 0.25) is 5.82 Å². The summed E-state index contributed by atoms with van der Waals surface area (Å²) in [5, 5.41) is 10.4. The Morgan fingerprint density at radius 2 is 1.50 bits per heavy atom. The number of nitrogens with zero attached hydrogens (tertiary/aromatic N) is 2. The molecule has 1 amide bonds. The molecule has 26 heavy (non-hydrogen) atoms. The summed E-state index contributed by atoms with van der Waals surface area (Å²) in [6, 6.07) is 14.2. The Balaban J connectivity index is 1.74. The minimum atomic E-state index is -0.309. The fraction of sp³-hybridized carbons (Fsp3) is 0.211. The van der Waals surface area contributed by atoms with E-state index in [2.05, 4.69) is 15.6 Å². The van der Waals surface area contributed by atoms with Crippen molar-refractivity contribution in [3.8, 4) is 22.8 Å². The van der Waals surface area contributed by atoms with E-state index >= 15 is 0 Å². The Kier molecular flexibility index (Phi) is 5.48. The van der Waals surface area contributed by atoms with E-state index in [1.54, 1.807) is 24.3 Å². The lowest BCUT2D eigenvalue weighted by Gasteiger charge is -2.06. The second kappa shape index (κ2) is 8.15. The monoisotopic (exact) mass is 353 g/mol. The molecular formula is C19H19N3O4. The van der Waals surface area contributed by atoms with E-state index in [9.17, 15) is 4.79 Å². The van der Waals surface area contributed by atoms with Crippen molar-refractivity contribution in [3.63, 3.8) is 0 Å². The molecule has 0 fully saturated rings.